The molecule has 2 aliphatic rings. The van der Waals surface area contributed by atoms with Gasteiger partial charge in [0, 0.05) is 60.2 Å². The van der Waals surface area contributed by atoms with Gasteiger partial charge in [0.25, 0.3) is 0 Å². The van der Waals surface area contributed by atoms with Crippen LogP contribution in [-0.2, 0) is 18.9 Å². The van der Waals surface area contributed by atoms with Crippen molar-refractivity contribution < 1.29 is 60.2 Å². The zero-order chi connectivity index (χ0) is 19.3. The third-order valence-corrected chi connectivity index (χ3v) is 1.49. The molecule has 0 atom stereocenters. The summed E-state index contributed by atoms with van der Waals surface area (Å²) in [5.74, 6) is 0. The van der Waals surface area contributed by atoms with Crippen LogP contribution >= 0.6 is 0 Å². The van der Waals surface area contributed by atoms with Crippen LogP contribution in [0.4, 0.5) is 0 Å². The number of hydrogen-bond acceptors (Lipinski definition) is 4. The molecule has 0 aromatic carbocycles. The van der Waals surface area contributed by atoms with Crippen LogP contribution in [0, 0.1) is 122 Å². The van der Waals surface area contributed by atoms with Gasteiger partial charge in [-0.1, -0.05) is 0 Å². The van der Waals surface area contributed by atoms with Crippen LogP contribution in [0.5, 0.6) is 0 Å². The van der Waals surface area contributed by atoms with Crippen molar-refractivity contribution in [2.24, 2.45) is 0 Å². The normalized spacial score (nSPS) is 13.8. The molecule has 4 nitrogen and oxygen atoms in total. The van der Waals surface area contributed by atoms with E-state index >= 15 is 0 Å². The maximum absolute atomic E-state index is 4.94. The quantitative estimate of drug-likeness (QED) is 0.492. The van der Waals surface area contributed by atoms with Gasteiger partial charge in [-0.25, -0.2) is 0 Å². The summed E-state index contributed by atoms with van der Waals surface area (Å²) in [7, 11) is 0. The van der Waals surface area contributed by atoms with E-state index in [-0.39, 0.29) is 60.2 Å². The zero-order valence-electron chi connectivity index (χ0n) is 16.8. The number of rotatable bonds is 0. The first kappa shape index (κ1) is 42.0. The Morgan fingerprint density at radius 2 is 0.462 bits per heavy atom. The van der Waals surface area contributed by atoms with E-state index in [1.807, 2.05) is 0 Å². The molecule has 0 spiro atoms. The Morgan fingerprint density at radius 3 is 0.500 bits per heavy atom. The third kappa shape index (κ3) is 83.3. The monoisotopic (exact) mass is 488 g/mol. The van der Waals surface area contributed by atoms with Crippen molar-refractivity contribution in [1.82, 2.24) is 0 Å². The minimum Gasteiger partial charge on any atom is -0.377 e. The summed E-state index contributed by atoms with van der Waals surface area (Å²) in [6.45, 7) is 32.2. The van der Waals surface area contributed by atoms with Gasteiger partial charge in [-0.3, -0.25) is 0 Å². The van der Waals surface area contributed by atoms with Crippen molar-refractivity contribution in [3.63, 3.8) is 0 Å². The van der Waals surface area contributed by atoms with E-state index in [0.717, 1.165) is 52.9 Å². The predicted octanol–water partition coefficient (Wildman–Crippen LogP) is 3.12. The summed E-state index contributed by atoms with van der Waals surface area (Å²) < 4.78 is 19.8. The van der Waals surface area contributed by atoms with Crippen LogP contribution < -0.4 is 0 Å². The summed E-state index contributed by atoms with van der Waals surface area (Å²) in [6, 6.07) is 0. The Morgan fingerprint density at radius 1 is 0.385 bits per heavy atom. The summed E-state index contributed by atoms with van der Waals surface area (Å²) in [5.41, 5.74) is 0. The fourth-order valence-electron chi connectivity index (χ4n) is 0.880. The third-order valence-electron chi connectivity index (χ3n) is 1.49. The Hall–Kier alpha value is 1.80. The first-order chi connectivity index (χ1) is 11.7. The molecule has 144 valence electrons. The van der Waals surface area contributed by atoms with Crippen LogP contribution in [0.2, 0.25) is 0 Å². The van der Waals surface area contributed by atoms with Crippen LogP contribution in [-0.4, -0.2) is 71.7 Å². The first-order valence-electron chi connectivity index (χ1n) is 7.58. The fourth-order valence-corrected chi connectivity index (χ4v) is 0.880. The molecule has 0 saturated carbocycles. The molecule has 2 fully saturated rings. The largest absolute Gasteiger partial charge is 0.377 e. The molecule has 0 aliphatic carbocycles. The Bertz CT molecular complexity index is 105. The molecule has 0 bridgehead atoms. The summed E-state index contributed by atoms with van der Waals surface area (Å²) in [4.78, 5) is 0. The maximum atomic E-state index is 4.94. The van der Waals surface area contributed by atoms with Gasteiger partial charge in [0.1, 0.15) is 0 Å². The van der Waals surface area contributed by atoms with Crippen molar-refractivity contribution in [3.8, 4) is 0 Å². The van der Waals surface area contributed by atoms with E-state index in [9.17, 15) is 0 Å². The average molecular weight is 488 g/mol. The molecule has 0 amide bonds. The summed E-state index contributed by atoms with van der Waals surface area (Å²) >= 11 is 0. The Labute approximate surface area is 211 Å². The van der Waals surface area contributed by atoms with Gasteiger partial charge in [-0.05, 0) is 81.1 Å². The van der Waals surface area contributed by atoms with Crippen molar-refractivity contribution >= 4 is 18.9 Å². The maximum Gasteiger partial charge on any atom is 0.0701 e. The minimum absolute atomic E-state index is 0. The Balaban J connectivity index is -0.0000000474. The first-order valence-corrected chi connectivity index (χ1v) is 7.58. The van der Waals surface area contributed by atoms with Gasteiger partial charge in [0.2, 0.25) is 0 Å². The van der Waals surface area contributed by atoms with Crippen LogP contribution in [0.3, 0.4) is 0 Å². The summed E-state index contributed by atoms with van der Waals surface area (Å²) in [6.07, 6.45) is 6.00. The topological polar surface area (TPSA) is 36.9 Å². The molecule has 26 heavy (non-hydrogen) atoms. The van der Waals surface area contributed by atoms with E-state index in [0.29, 0.717) is 0 Å². The van der Waals surface area contributed by atoms with Gasteiger partial charge in [0.15, 0.2) is 0 Å². The van der Waals surface area contributed by atoms with Crippen molar-refractivity contribution in [2.75, 3.05) is 52.9 Å². The molecule has 0 N–H and O–H groups in total. The summed E-state index contributed by atoms with van der Waals surface area (Å²) in [5, 5.41) is 0. The van der Waals surface area contributed by atoms with Crippen molar-refractivity contribution in [3.05, 3.63) is 81.1 Å². The predicted molar refractivity (Wildman–Crippen MR) is 109 cm³/mol. The van der Waals surface area contributed by atoms with Gasteiger partial charge in [-0.2, -0.15) is 0 Å². The number of hydrogen-bond donors (Lipinski definition) is 0. The van der Waals surface area contributed by atoms with E-state index in [2.05, 4.69) is 55.4 Å². The van der Waals surface area contributed by atoms with E-state index in [1.54, 1.807) is 0 Å². The average Bonchev–Trinajstić information content (AvgIpc) is 2.61. The van der Waals surface area contributed by atoms with Gasteiger partial charge in [0.05, 0.1) is 52.9 Å². The minimum atomic E-state index is 0. The second-order valence-electron chi connectivity index (χ2n) is 3.60. The van der Waals surface area contributed by atoms with Crippen LogP contribution in [0.15, 0.2) is 0 Å². The fraction of sp³-hybridized carbons (Fsp3) is 0.400. The molecule has 14 radical (unpaired) electrons. The van der Waals surface area contributed by atoms with Crippen molar-refractivity contribution in [2.45, 2.75) is 0 Å². The zero-order valence-corrected chi connectivity index (χ0v) is 20.5. The molecule has 2 aliphatic heterocycles. The molecule has 0 aromatic heterocycles. The second-order valence-corrected chi connectivity index (χ2v) is 3.60. The second kappa shape index (κ2) is 56.3. The SMILES string of the molecule is C1COCCO1.C1COCCO1.[CH2][CH][CH2].[CH2][CH][CH2].[CH2][CH][CH2].[CH2][CH][CH2].[Li].[Pr]. The molecule has 0 aromatic rings. The Kier molecular flexibility index (Phi) is 91.0. The standard InChI is InChI=1S/2C4H8O2.4C3H5.Li.Pr/c2*1-2-6-4-3-5-1;4*1-3-2;;/h2*1-4H2;4*3H,1-2H2;;. The molecular weight excluding hydrogens is 452 g/mol. The molecule has 2 rings (SSSR count). The smallest absolute Gasteiger partial charge is 0.0701 e. The van der Waals surface area contributed by atoms with Crippen LogP contribution in [0.1, 0.15) is 0 Å². The molecular formula is C20H36LiO4Pr. The van der Waals surface area contributed by atoms with Gasteiger partial charge in [-0.15, -0.1) is 0 Å². The van der Waals surface area contributed by atoms with Crippen molar-refractivity contribution in [1.29, 1.82) is 0 Å². The molecule has 0 unspecified atom stereocenters. The number of ether oxygens (including phenoxy) is 4. The van der Waals surface area contributed by atoms with E-state index in [4.69, 9.17) is 18.9 Å². The van der Waals surface area contributed by atoms with E-state index < -0.39 is 0 Å². The van der Waals surface area contributed by atoms with Gasteiger partial charge < -0.3 is 18.9 Å². The molecule has 2 heterocycles. The van der Waals surface area contributed by atoms with Crippen LogP contribution in [0.25, 0.3) is 0 Å². The van der Waals surface area contributed by atoms with Gasteiger partial charge >= 0.3 is 0 Å². The van der Waals surface area contributed by atoms with E-state index in [1.165, 1.54) is 25.7 Å². The molecule has 6 heteroatoms. The molecule has 2 saturated heterocycles.